The Morgan fingerprint density at radius 3 is 2.56 bits per heavy atom. The summed E-state index contributed by atoms with van der Waals surface area (Å²) in [7, 11) is 0. The van der Waals surface area contributed by atoms with Gasteiger partial charge in [-0.3, -0.25) is 0 Å². The van der Waals surface area contributed by atoms with E-state index in [-0.39, 0.29) is 10.6 Å². The number of anilines is 1. The summed E-state index contributed by atoms with van der Waals surface area (Å²) >= 11 is 11.5. The molecule has 4 nitrogen and oxygen atoms in total. The van der Waals surface area contributed by atoms with E-state index in [1.807, 2.05) is 0 Å². The molecule has 1 saturated heterocycles. The first kappa shape index (κ1) is 11.9. The molecule has 0 saturated carbocycles. The van der Waals surface area contributed by atoms with Gasteiger partial charge in [-0.05, 0) is 42.0 Å². The van der Waals surface area contributed by atoms with Crippen molar-refractivity contribution in [3.8, 4) is 0 Å². The van der Waals surface area contributed by atoms with Crippen LogP contribution in [0.1, 0.15) is 26.2 Å². The zero-order chi connectivity index (χ0) is 11.5. The Morgan fingerprint density at radius 2 is 1.94 bits per heavy atom. The molecular weight excluding hydrogens is 247 g/mol. The maximum atomic E-state index is 5.77. The van der Waals surface area contributed by atoms with Gasteiger partial charge in [0.15, 0.2) is 0 Å². The number of aromatic nitrogens is 3. The number of nitrogens with zero attached hydrogens (tertiary/aromatic N) is 4. The summed E-state index contributed by atoms with van der Waals surface area (Å²) in [6, 6.07) is 0. The molecule has 1 aromatic rings. The summed E-state index contributed by atoms with van der Waals surface area (Å²) < 4.78 is 0. The monoisotopic (exact) mass is 260 g/mol. The van der Waals surface area contributed by atoms with Crippen molar-refractivity contribution in [1.82, 2.24) is 15.0 Å². The molecule has 1 aliphatic rings. The highest BCUT2D eigenvalue weighted by Gasteiger charge is 2.21. The quantitative estimate of drug-likeness (QED) is 0.820. The molecule has 0 bridgehead atoms. The first-order chi connectivity index (χ1) is 7.69. The van der Waals surface area contributed by atoms with Crippen LogP contribution in [0.5, 0.6) is 0 Å². The Balaban J connectivity index is 2.16. The topological polar surface area (TPSA) is 41.9 Å². The van der Waals surface area contributed by atoms with Crippen LogP contribution in [0.3, 0.4) is 0 Å². The lowest BCUT2D eigenvalue weighted by atomic mass is 9.96. The predicted molar refractivity (Wildman–Crippen MR) is 65.1 cm³/mol. The van der Waals surface area contributed by atoms with Crippen LogP contribution in [-0.4, -0.2) is 28.0 Å². The van der Waals surface area contributed by atoms with Gasteiger partial charge in [0.1, 0.15) is 0 Å². The normalized spacial score (nSPS) is 21.2. The van der Waals surface area contributed by atoms with Gasteiger partial charge >= 0.3 is 0 Å². The van der Waals surface area contributed by atoms with E-state index in [4.69, 9.17) is 23.2 Å². The van der Waals surface area contributed by atoms with Crippen LogP contribution in [0.25, 0.3) is 0 Å². The lowest BCUT2D eigenvalue weighted by molar-refractivity contribution is 0.401. The van der Waals surface area contributed by atoms with Gasteiger partial charge in [-0.25, -0.2) is 0 Å². The number of piperidine rings is 1. The molecule has 1 atom stereocenters. The molecule has 16 heavy (non-hydrogen) atoms. The van der Waals surface area contributed by atoms with Crippen LogP contribution in [-0.2, 0) is 0 Å². The summed E-state index contributed by atoms with van der Waals surface area (Å²) in [6.07, 6.45) is 3.63. The molecule has 0 N–H and O–H groups in total. The zero-order valence-electron chi connectivity index (χ0n) is 9.16. The lowest BCUT2D eigenvalue weighted by Gasteiger charge is -2.32. The van der Waals surface area contributed by atoms with Crippen LogP contribution in [0.15, 0.2) is 0 Å². The van der Waals surface area contributed by atoms with Gasteiger partial charge < -0.3 is 4.90 Å². The summed E-state index contributed by atoms with van der Waals surface area (Å²) in [5.74, 6) is 1.31. The number of hydrogen-bond acceptors (Lipinski definition) is 4. The van der Waals surface area contributed by atoms with Gasteiger partial charge in [0.25, 0.3) is 0 Å². The van der Waals surface area contributed by atoms with E-state index in [0.29, 0.717) is 11.9 Å². The van der Waals surface area contributed by atoms with Crippen molar-refractivity contribution in [1.29, 1.82) is 0 Å². The maximum absolute atomic E-state index is 5.77. The highest BCUT2D eigenvalue weighted by atomic mass is 35.5. The van der Waals surface area contributed by atoms with Gasteiger partial charge in [0.05, 0.1) is 0 Å². The molecule has 2 heterocycles. The van der Waals surface area contributed by atoms with E-state index in [1.54, 1.807) is 0 Å². The molecule has 0 spiro atoms. The van der Waals surface area contributed by atoms with Gasteiger partial charge in [0.2, 0.25) is 16.5 Å². The van der Waals surface area contributed by atoms with Gasteiger partial charge in [0, 0.05) is 13.1 Å². The van der Waals surface area contributed by atoms with Gasteiger partial charge in [-0.1, -0.05) is 13.3 Å². The lowest BCUT2D eigenvalue weighted by Crippen LogP contribution is -2.36. The minimum atomic E-state index is 0.161. The van der Waals surface area contributed by atoms with Crippen LogP contribution in [0.4, 0.5) is 5.95 Å². The van der Waals surface area contributed by atoms with Gasteiger partial charge in [-0.2, -0.15) is 15.0 Å². The number of rotatable bonds is 2. The van der Waals surface area contributed by atoms with Crippen molar-refractivity contribution in [3.05, 3.63) is 10.6 Å². The average Bonchev–Trinajstić information content (AvgIpc) is 2.28. The second kappa shape index (κ2) is 5.15. The van der Waals surface area contributed by atoms with E-state index in [2.05, 4.69) is 26.8 Å². The van der Waals surface area contributed by atoms with Crippen molar-refractivity contribution >= 4 is 29.2 Å². The SMILES string of the molecule is CCC1CCCN(c2nc(Cl)nc(Cl)n2)C1. The molecular formula is C10H14Cl2N4. The maximum Gasteiger partial charge on any atom is 0.230 e. The summed E-state index contributed by atoms with van der Waals surface area (Å²) in [5.41, 5.74) is 0. The van der Waals surface area contributed by atoms with Crippen molar-refractivity contribution in [2.75, 3.05) is 18.0 Å². The highest BCUT2D eigenvalue weighted by Crippen LogP contribution is 2.23. The fourth-order valence-electron chi connectivity index (χ4n) is 2.04. The fourth-order valence-corrected chi connectivity index (χ4v) is 2.39. The van der Waals surface area contributed by atoms with Crippen LogP contribution >= 0.6 is 23.2 Å². The molecule has 0 aliphatic carbocycles. The van der Waals surface area contributed by atoms with E-state index >= 15 is 0 Å². The molecule has 1 aliphatic heterocycles. The van der Waals surface area contributed by atoms with Crippen LogP contribution in [0.2, 0.25) is 10.6 Å². The Morgan fingerprint density at radius 1 is 1.25 bits per heavy atom. The van der Waals surface area contributed by atoms with E-state index in [1.165, 1.54) is 19.3 Å². The van der Waals surface area contributed by atoms with Crippen LogP contribution in [0, 0.1) is 5.92 Å². The smallest absolute Gasteiger partial charge is 0.230 e. The molecule has 6 heteroatoms. The summed E-state index contributed by atoms with van der Waals surface area (Å²) in [6.45, 7) is 4.15. The zero-order valence-corrected chi connectivity index (χ0v) is 10.7. The molecule has 88 valence electrons. The van der Waals surface area contributed by atoms with Crippen molar-refractivity contribution in [2.24, 2.45) is 5.92 Å². The minimum Gasteiger partial charge on any atom is -0.340 e. The molecule has 0 aromatic carbocycles. The van der Waals surface area contributed by atoms with Crippen LogP contribution < -0.4 is 4.90 Å². The molecule has 2 rings (SSSR count). The second-order valence-corrected chi connectivity index (χ2v) is 4.71. The predicted octanol–water partition coefficient (Wildman–Crippen LogP) is 2.80. The average molecular weight is 261 g/mol. The summed E-state index contributed by atoms with van der Waals surface area (Å²) in [4.78, 5) is 14.1. The molecule has 1 aromatic heterocycles. The second-order valence-electron chi connectivity index (χ2n) is 4.04. The first-order valence-electron chi connectivity index (χ1n) is 5.51. The summed E-state index contributed by atoms with van der Waals surface area (Å²) in [5, 5.41) is 0.322. The molecule has 0 radical (unpaired) electrons. The van der Waals surface area contributed by atoms with E-state index in [0.717, 1.165) is 13.1 Å². The third-order valence-electron chi connectivity index (χ3n) is 2.95. The molecule has 1 unspecified atom stereocenters. The van der Waals surface area contributed by atoms with Gasteiger partial charge in [-0.15, -0.1) is 0 Å². The Bertz CT molecular complexity index is 352. The number of halogens is 2. The minimum absolute atomic E-state index is 0.161. The Hall–Kier alpha value is -0.610. The van der Waals surface area contributed by atoms with E-state index in [9.17, 15) is 0 Å². The Labute approximate surface area is 105 Å². The third kappa shape index (κ3) is 2.74. The van der Waals surface area contributed by atoms with Crippen molar-refractivity contribution in [3.63, 3.8) is 0 Å². The van der Waals surface area contributed by atoms with Crippen molar-refractivity contribution < 1.29 is 0 Å². The Kier molecular flexibility index (Phi) is 3.82. The number of hydrogen-bond donors (Lipinski definition) is 0. The largest absolute Gasteiger partial charge is 0.340 e. The first-order valence-corrected chi connectivity index (χ1v) is 6.26. The fraction of sp³-hybridized carbons (Fsp3) is 0.700. The van der Waals surface area contributed by atoms with Crippen molar-refractivity contribution in [2.45, 2.75) is 26.2 Å². The third-order valence-corrected chi connectivity index (χ3v) is 3.29. The molecule has 1 fully saturated rings. The molecule has 0 amide bonds. The standard InChI is InChI=1S/C10H14Cl2N4/c1-2-7-4-3-5-16(6-7)10-14-8(11)13-9(12)15-10/h7H,2-6H2,1H3. The highest BCUT2D eigenvalue weighted by molar-refractivity contribution is 6.31. The van der Waals surface area contributed by atoms with E-state index < -0.39 is 0 Å².